The van der Waals surface area contributed by atoms with Crippen LogP contribution in [0.4, 0.5) is 0 Å². The van der Waals surface area contributed by atoms with Gasteiger partial charge >= 0.3 is 0 Å². The number of benzene rings is 2. The zero-order valence-corrected chi connectivity index (χ0v) is 15.0. The molecule has 1 unspecified atom stereocenters. The fourth-order valence-corrected chi connectivity index (χ4v) is 2.68. The topological polar surface area (TPSA) is 20.2 Å². The van der Waals surface area contributed by atoms with Crippen molar-refractivity contribution in [3.63, 3.8) is 0 Å². The van der Waals surface area contributed by atoms with Gasteiger partial charge in [-0.25, -0.2) is 0 Å². The minimum atomic E-state index is -0.603. The number of aliphatic hydroxyl groups is 1. The Morgan fingerprint density at radius 3 is 1.90 bits per heavy atom. The molecular formula is C17H18Br2O. The first kappa shape index (κ1) is 15.7. The molecule has 0 bridgehead atoms. The number of hydrogen-bond donors (Lipinski definition) is 1. The molecule has 2 aromatic carbocycles. The molecule has 1 nitrogen and oxygen atoms in total. The SMILES string of the molecule is CC(C)(C)c1ccc(C(O)c2ccc(Br)c(Br)c2)cc1. The van der Waals surface area contributed by atoms with Crippen molar-refractivity contribution in [2.75, 3.05) is 0 Å². The zero-order chi connectivity index (χ0) is 14.9. The van der Waals surface area contributed by atoms with Crippen LogP contribution in [0.1, 0.15) is 43.6 Å². The minimum Gasteiger partial charge on any atom is -0.384 e. The second kappa shape index (κ2) is 6.00. The van der Waals surface area contributed by atoms with Gasteiger partial charge in [0.05, 0.1) is 0 Å². The van der Waals surface area contributed by atoms with Gasteiger partial charge in [-0.05, 0) is 66.1 Å². The first-order chi connectivity index (χ1) is 9.29. The predicted octanol–water partition coefficient (Wildman–Crippen LogP) is 5.59. The normalized spacial score (nSPS) is 13.3. The Bertz CT molecular complexity index is 597. The summed E-state index contributed by atoms with van der Waals surface area (Å²) in [7, 11) is 0. The Morgan fingerprint density at radius 2 is 1.40 bits per heavy atom. The highest BCUT2D eigenvalue weighted by atomic mass is 79.9. The van der Waals surface area contributed by atoms with E-state index in [0.717, 1.165) is 20.1 Å². The maximum absolute atomic E-state index is 10.5. The third kappa shape index (κ3) is 3.51. The fourth-order valence-electron chi connectivity index (χ4n) is 2.04. The summed E-state index contributed by atoms with van der Waals surface area (Å²) in [4.78, 5) is 0. The average Bonchev–Trinajstić information content (AvgIpc) is 2.40. The summed E-state index contributed by atoms with van der Waals surface area (Å²) in [6.07, 6.45) is -0.603. The number of aliphatic hydroxyl groups excluding tert-OH is 1. The molecule has 0 saturated heterocycles. The maximum atomic E-state index is 10.5. The van der Waals surface area contributed by atoms with Gasteiger partial charge in [0.1, 0.15) is 6.10 Å². The molecule has 2 rings (SSSR count). The first-order valence-corrected chi connectivity index (χ1v) is 8.11. The van der Waals surface area contributed by atoms with Gasteiger partial charge in [0, 0.05) is 8.95 Å². The highest BCUT2D eigenvalue weighted by Crippen LogP contribution is 2.30. The Morgan fingerprint density at radius 1 is 0.850 bits per heavy atom. The minimum absolute atomic E-state index is 0.129. The van der Waals surface area contributed by atoms with E-state index in [0.29, 0.717) is 0 Å². The first-order valence-electron chi connectivity index (χ1n) is 6.52. The van der Waals surface area contributed by atoms with E-state index in [9.17, 15) is 5.11 Å². The van der Waals surface area contributed by atoms with Crippen molar-refractivity contribution < 1.29 is 5.11 Å². The molecule has 20 heavy (non-hydrogen) atoms. The van der Waals surface area contributed by atoms with Crippen LogP contribution in [0.15, 0.2) is 51.4 Å². The third-order valence-electron chi connectivity index (χ3n) is 3.35. The lowest BCUT2D eigenvalue weighted by Crippen LogP contribution is -2.11. The van der Waals surface area contributed by atoms with Gasteiger partial charge in [0.15, 0.2) is 0 Å². The molecule has 1 atom stereocenters. The van der Waals surface area contributed by atoms with Gasteiger partial charge in [-0.15, -0.1) is 0 Å². The number of rotatable bonds is 2. The van der Waals surface area contributed by atoms with E-state index in [1.807, 2.05) is 30.3 Å². The van der Waals surface area contributed by atoms with Crippen molar-refractivity contribution in [2.45, 2.75) is 32.3 Å². The number of hydrogen-bond acceptors (Lipinski definition) is 1. The molecule has 0 saturated carbocycles. The fraction of sp³-hybridized carbons (Fsp3) is 0.294. The van der Waals surface area contributed by atoms with Crippen LogP contribution in [0.5, 0.6) is 0 Å². The number of halogens is 2. The van der Waals surface area contributed by atoms with Crippen LogP contribution >= 0.6 is 31.9 Å². The van der Waals surface area contributed by atoms with Crippen molar-refractivity contribution in [1.82, 2.24) is 0 Å². The molecule has 3 heteroatoms. The molecule has 0 fully saturated rings. The second-order valence-electron chi connectivity index (χ2n) is 5.95. The average molecular weight is 398 g/mol. The van der Waals surface area contributed by atoms with Crippen molar-refractivity contribution in [3.05, 3.63) is 68.1 Å². The molecule has 0 aromatic heterocycles. The van der Waals surface area contributed by atoms with Crippen molar-refractivity contribution >= 4 is 31.9 Å². The molecule has 0 heterocycles. The van der Waals surface area contributed by atoms with Gasteiger partial charge < -0.3 is 5.11 Å². The Balaban J connectivity index is 2.29. The lowest BCUT2D eigenvalue weighted by atomic mass is 9.86. The van der Waals surface area contributed by atoms with Crippen LogP contribution in [0, 0.1) is 0 Å². The molecular weight excluding hydrogens is 380 g/mol. The molecule has 0 aliphatic heterocycles. The van der Waals surface area contributed by atoms with E-state index >= 15 is 0 Å². The molecule has 106 valence electrons. The molecule has 0 aliphatic carbocycles. The van der Waals surface area contributed by atoms with Gasteiger partial charge in [0.2, 0.25) is 0 Å². The smallest absolute Gasteiger partial charge is 0.104 e. The summed E-state index contributed by atoms with van der Waals surface area (Å²) in [6.45, 7) is 6.55. The standard InChI is InChI=1S/C17H18Br2O/c1-17(2,3)13-7-4-11(5-8-13)16(20)12-6-9-14(18)15(19)10-12/h4-10,16,20H,1-3H3. The molecule has 0 amide bonds. The molecule has 1 N–H and O–H groups in total. The van der Waals surface area contributed by atoms with Crippen molar-refractivity contribution in [3.8, 4) is 0 Å². The van der Waals surface area contributed by atoms with E-state index in [1.165, 1.54) is 5.56 Å². The van der Waals surface area contributed by atoms with E-state index in [4.69, 9.17) is 0 Å². The molecule has 0 aliphatic rings. The Kier molecular flexibility index (Phi) is 4.73. The summed E-state index contributed by atoms with van der Waals surface area (Å²) in [5.41, 5.74) is 3.19. The summed E-state index contributed by atoms with van der Waals surface area (Å²) in [6, 6.07) is 14.0. The Hall–Kier alpha value is -0.640. The largest absolute Gasteiger partial charge is 0.384 e. The quantitative estimate of drug-likeness (QED) is 0.700. The lowest BCUT2D eigenvalue weighted by molar-refractivity contribution is 0.220. The highest BCUT2D eigenvalue weighted by molar-refractivity contribution is 9.13. The van der Waals surface area contributed by atoms with Crippen molar-refractivity contribution in [2.24, 2.45) is 0 Å². The van der Waals surface area contributed by atoms with Crippen LogP contribution in [0.25, 0.3) is 0 Å². The lowest BCUT2D eigenvalue weighted by Gasteiger charge is -2.20. The van der Waals surface area contributed by atoms with Crippen LogP contribution in [0.2, 0.25) is 0 Å². The van der Waals surface area contributed by atoms with Gasteiger partial charge in [-0.2, -0.15) is 0 Å². The summed E-state index contributed by atoms with van der Waals surface area (Å²) >= 11 is 6.90. The molecule has 0 spiro atoms. The zero-order valence-electron chi connectivity index (χ0n) is 11.8. The van der Waals surface area contributed by atoms with Crippen LogP contribution in [0.3, 0.4) is 0 Å². The summed E-state index contributed by atoms with van der Waals surface area (Å²) in [5, 5.41) is 10.5. The van der Waals surface area contributed by atoms with Gasteiger partial charge in [0.25, 0.3) is 0 Å². The summed E-state index contributed by atoms with van der Waals surface area (Å²) in [5.74, 6) is 0. The summed E-state index contributed by atoms with van der Waals surface area (Å²) < 4.78 is 1.93. The van der Waals surface area contributed by atoms with Crippen LogP contribution in [-0.2, 0) is 5.41 Å². The van der Waals surface area contributed by atoms with E-state index in [1.54, 1.807) is 0 Å². The second-order valence-corrected chi connectivity index (χ2v) is 7.66. The monoisotopic (exact) mass is 396 g/mol. The molecule has 0 radical (unpaired) electrons. The molecule has 2 aromatic rings. The third-order valence-corrected chi connectivity index (χ3v) is 5.23. The maximum Gasteiger partial charge on any atom is 0.104 e. The van der Waals surface area contributed by atoms with Gasteiger partial charge in [-0.3, -0.25) is 0 Å². The van der Waals surface area contributed by atoms with Gasteiger partial charge in [-0.1, -0.05) is 51.1 Å². The highest BCUT2D eigenvalue weighted by Gasteiger charge is 2.15. The predicted molar refractivity (Wildman–Crippen MR) is 91.0 cm³/mol. The van der Waals surface area contributed by atoms with Crippen LogP contribution < -0.4 is 0 Å². The van der Waals surface area contributed by atoms with E-state index in [-0.39, 0.29) is 5.41 Å². The van der Waals surface area contributed by atoms with E-state index in [2.05, 4.69) is 64.8 Å². The van der Waals surface area contributed by atoms with E-state index < -0.39 is 6.10 Å². The van der Waals surface area contributed by atoms with Crippen LogP contribution in [-0.4, -0.2) is 5.11 Å². The van der Waals surface area contributed by atoms with Crippen molar-refractivity contribution in [1.29, 1.82) is 0 Å². The Labute approximate surface area is 137 Å².